The van der Waals surface area contributed by atoms with E-state index in [4.69, 9.17) is 8.83 Å². The van der Waals surface area contributed by atoms with Crippen molar-refractivity contribution >= 4 is 87.5 Å². The van der Waals surface area contributed by atoms with Gasteiger partial charge in [-0.2, -0.15) is 0 Å². The van der Waals surface area contributed by atoms with Crippen molar-refractivity contribution in [3.05, 3.63) is 145 Å². The van der Waals surface area contributed by atoms with Gasteiger partial charge >= 0.3 is 0 Å². The second kappa shape index (κ2) is 10.4. The first-order chi connectivity index (χ1) is 24.7. The largest absolute Gasteiger partial charge is 0.456 e. The van der Waals surface area contributed by atoms with E-state index in [1.807, 2.05) is 12.1 Å². The lowest BCUT2D eigenvalue weighted by atomic mass is 10.0. The third kappa shape index (κ3) is 3.82. The van der Waals surface area contributed by atoms with Crippen molar-refractivity contribution in [2.45, 2.75) is 26.2 Å². The summed E-state index contributed by atoms with van der Waals surface area (Å²) in [4.78, 5) is 0. The van der Waals surface area contributed by atoms with E-state index in [0.717, 1.165) is 56.3 Å². The minimum absolute atomic E-state index is 0.899. The monoisotopic (exact) mass is 644 g/mol. The SMILES string of the molecule is CCCCc1ccc2oc3cc(-n4c5ccccc5c5ccc6c(c7ccccc7n6-c6ccc7oc8ccccc8c7c6)c54)ccc3c2c1. The molecule has 4 heterocycles. The molecule has 4 heteroatoms. The zero-order valence-electron chi connectivity index (χ0n) is 27.6. The van der Waals surface area contributed by atoms with E-state index in [2.05, 4.69) is 143 Å². The van der Waals surface area contributed by atoms with Crippen molar-refractivity contribution in [1.82, 2.24) is 9.13 Å². The van der Waals surface area contributed by atoms with Crippen LogP contribution in [-0.2, 0) is 6.42 Å². The van der Waals surface area contributed by atoms with E-state index < -0.39 is 0 Å². The van der Waals surface area contributed by atoms with Crippen LogP contribution in [0.25, 0.3) is 98.9 Å². The summed E-state index contributed by atoms with van der Waals surface area (Å²) >= 11 is 0. The molecule has 0 radical (unpaired) electrons. The lowest BCUT2D eigenvalue weighted by Crippen LogP contribution is -1.95. The zero-order chi connectivity index (χ0) is 32.9. The Morgan fingerprint density at radius 3 is 1.92 bits per heavy atom. The van der Waals surface area contributed by atoms with Crippen LogP contribution in [0.2, 0.25) is 0 Å². The highest BCUT2D eigenvalue weighted by Gasteiger charge is 2.22. The number of benzene rings is 7. The molecule has 0 unspecified atom stereocenters. The van der Waals surface area contributed by atoms with Gasteiger partial charge in [0.1, 0.15) is 22.3 Å². The van der Waals surface area contributed by atoms with E-state index in [-0.39, 0.29) is 0 Å². The normalized spacial score (nSPS) is 12.3. The number of hydrogen-bond acceptors (Lipinski definition) is 2. The minimum atomic E-state index is 0.899. The summed E-state index contributed by atoms with van der Waals surface area (Å²) in [6.45, 7) is 2.25. The lowest BCUT2D eigenvalue weighted by molar-refractivity contribution is 0.668. The lowest BCUT2D eigenvalue weighted by Gasteiger charge is -2.10. The summed E-state index contributed by atoms with van der Waals surface area (Å²) in [7, 11) is 0. The quantitative estimate of drug-likeness (QED) is 0.187. The Labute approximate surface area is 287 Å². The van der Waals surface area contributed by atoms with Crippen molar-refractivity contribution < 1.29 is 8.83 Å². The maximum Gasteiger partial charge on any atom is 0.137 e. The summed E-state index contributed by atoms with van der Waals surface area (Å²) in [5.41, 5.74) is 11.9. The maximum absolute atomic E-state index is 6.53. The summed E-state index contributed by atoms with van der Waals surface area (Å²) in [5.74, 6) is 0. The van der Waals surface area contributed by atoms with Crippen LogP contribution in [0.1, 0.15) is 25.3 Å². The van der Waals surface area contributed by atoms with Crippen molar-refractivity contribution in [3.63, 3.8) is 0 Å². The van der Waals surface area contributed by atoms with E-state index in [1.54, 1.807) is 0 Å². The molecule has 50 heavy (non-hydrogen) atoms. The van der Waals surface area contributed by atoms with Gasteiger partial charge in [-0.1, -0.05) is 80.1 Å². The molecule has 4 aromatic heterocycles. The summed E-state index contributed by atoms with van der Waals surface area (Å²) in [5, 5.41) is 9.52. The highest BCUT2D eigenvalue weighted by Crippen LogP contribution is 2.43. The topological polar surface area (TPSA) is 36.1 Å². The number of hydrogen-bond donors (Lipinski definition) is 0. The Bertz CT molecular complexity index is 3150. The van der Waals surface area contributed by atoms with Gasteiger partial charge in [-0.15, -0.1) is 0 Å². The highest BCUT2D eigenvalue weighted by atomic mass is 16.3. The first-order valence-corrected chi connectivity index (χ1v) is 17.6. The van der Waals surface area contributed by atoms with E-state index in [1.165, 1.54) is 67.4 Å². The van der Waals surface area contributed by atoms with Crippen molar-refractivity contribution in [1.29, 1.82) is 0 Å². The Morgan fingerprint density at radius 2 is 1.06 bits per heavy atom. The second-order valence-electron chi connectivity index (χ2n) is 13.6. The first-order valence-electron chi connectivity index (χ1n) is 17.6. The Kier molecular flexibility index (Phi) is 5.74. The smallest absolute Gasteiger partial charge is 0.137 e. The molecule has 7 aromatic carbocycles. The second-order valence-corrected chi connectivity index (χ2v) is 13.6. The van der Waals surface area contributed by atoms with Crippen molar-refractivity contribution in [2.24, 2.45) is 0 Å². The molecule has 0 aliphatic heterocycles. The standard InChI is InChI=1S/C46H32N2O2/c1-2-3-10-28-17-23-42-36(25-28)33-20-18-30(27-44(33)50-42)48-38-14-7-4-11-31(38)34-21-22-40-45(46(34)48)35-13-5-8-15-39(35)47(40)29-19-24-43-37(26-29)32-12-6-9-16-41(32)49-43/h4-9,11-27H,2-3,10H2,1H3. The fourth-order valence-corrected chi connectivity index (χ4v) is 8.40. The average Bonchev–Trinajstić information content (AvgIpc) is 3.90. The predicted octanol–water partition coefficient (Wildman–Crippen LogP) is 13.0. The maximum atomic E-state index is 6.53. The van der Waals surface area contributed by atoms with Crippen LogP contribution in [0.15, 0.2) is 148 Å². The Hall–Kier alpha value is -6.26. The number of furan rings is 2. The van der Waals surface area contributed by atoms with Gasteiger partial charge in [0.05, 0.1) is 22.1 Å². The highest BCUT2D eigenvalue weighted by molar-refractivity contribution is 6.26. The molecule has 0 saturated carbocycles. The fourth-order valence-electron chi connectivity index (χ4n) is 8.40. The van der Waals surface area contributed by atoms with E-state index >= 15 is 0 Å². The predicted molar refractivity (Wildman–Crippen MR) is 208 cm³/mol. The number of aryl methyl sites for hydroxylation is 1. The van der Waals surface area contributed by atoms with Crippen LogP contribution in [0.4, 0.5) is 0 Å². The average molecular weight is 645 g/mol. The van der Waals surface area contributed by atoms with Crippen LogP contribution >= 0.6 is 0 Å². The van der Waals surface area contributed by atoms with Gasteiger partial charge in [-0.3, -0.25) is 0 Å². The van der Waals surface area contributed by atoms with E-state index in [9.17, 15) is 0 Å². The van der Waals surface area contributed by atoms with Gasteiger partial charge < -0.3 is 18.0 Å². The molecule has 0 atom stereocenters. The van der Waals surface area contributed by atoms with Gasteiger partial charge in [0.15, 0.2) is 0 Å². The van der Waals surface area contributed by atoms with Gasteiger partial charge in [-0.05, 0) is 85.1 Å². The molecule has 0 aliphatic carbocycles. The number of aromatic nitrogens is 2. The van der Waals surface area contributed by atoms with Crippen LogP contribution in [-0.4, -0.2) is 9.13 Å². The molecule has 0 aliphatic rings. The van der Waals surface area contributed by atoms with Crippen molar-refractivity contribution in [3.8, 4) is 11.4 Å². The molecule has 0 N–H and O–H groups in total. The van der Waals surface area contributed by atoms with Gasteiger partial charge in [-0.25, -0.2) is 0 Å². The number of nitrogens with zero attached hydrogens (tertiary/aromatic N) is 2. The van der Waals surface area contributed by atoms with E-state index in [0.29, 0.717) is 0 Å². The Morgan fingerprint density at radius 1 is 0.440 bits per heavy atom. The number of para-hydroxylation sites is 3. The zero-order valence-corrected chi connectivity index (χ0v) is 27.6. The molecular formula is C46H32N2O2. The molecule has 0 bridgehead atoms. The molecule has 11 aromatic rings. The number of rotatable bonds is 5. The molecule has 0 amide bonds. The fraction of sp³-hybridized carbons (Fsp3) is 0.0870. The third-order valence-electron chi connectivity index (χ3n) is 10.7. The summed E-state index contributed by atoms with van der Waals surface area (Å²) < 4.78 is 17.6. The summed E-state index contributed by atoms with van der Waals surface area (Å²) in [6.07, 6.45) is 3.47. The minimum Gasteiger partial charge on any atom is -0.456 e. The van der Waals surface area contributed by atoms with Crippen LogP contribution in [0.5, 0.6) is 0 Å². The molecule has 0 spiro atoms. The van der Waals surface area contributed by atoms with Gasteiger partial charge in [0.25, 0.3) is 0 Å². The first kappa shape index (κ1) is 27.7. The third-order valence-corrected chi connectivity index (χ3v) is 10.7. The molecular weight excluding hydrogens is 613 g/mol. The Balaban J connectivity index is 1.21. The molecule has 11 rings (SSSR count). The van der Waals surface area contributed by atoms with Gasteiger partial charge in [0, 0.05) is 60.5 Å². The van der Waals surface area contributed by atoms with Crippen LogP contribution in [0.3, 0.4) is 0 Å². The van der Waals surface area contributed by atoms with Gasteiger partial charge in [0.2, 0.25) is 0 Å². The van der Waals surface area contributed by atoms with Crippen LogP contribution in [0, 0.1) is 0 Å². The molecule has 4 nitrogen and oxygen atoms in total. The molecule has 238 valence electrons. The molecule has 0 saturated heterocycles. The number of unbranched alkanes of at least 4 members (excludes halogenated alkanes) is 1. The van der Waals surface area contributed by atoms with Crippen molar-refractivity contribution in [2.75, 3.05) is 0 Å². The molecule has 0 fully saturated rings. The van der Waals surface area contributed by atoms with Crippen LogP contribution < -0.4 is 0 Å². The number of fused-ring (bicyclic) bond motifs is 13. The summed E-state index contributed by atoms with van der Waals surface area (Å²) in [6, 6.07) is 50.4.